The van der Waals surface area contributed by atoms with Crippen LogP contribution in [-0.4, -0.2) is 13.1 Å². The zero-order valence-electron chi connectivity index (χ0n) is 11.7. The van der Waals surface area contributed by atoms with Crippen LogP contribution in [0.25, 0.3) is 0 Å². The third-order valence-electron chi connectivity index (χ3n) is 5.50. The summed E-state index contributed by atoms with van der Waals surface area (Å²) in [7, 11) is 1.52. The van der Waals surface area contributed by atoms with Gasteiger partial charge < -0.3 is 4.74 Å². The zero-order chi connectivity index (χ0) is 12.9. The number of carbonyl (C=O) groups excluding carboxylic acids is 1. The molecule has 4 rings (SSSR count). The van der Waals surface area contributed by atoms with Crippen molar-refractivity contribution in [3.8, 4) is 0 Å². The monoisotopic (exact) mass is 248 g/mol. The second-order valence-corrected chi connectivity index (χ2v) is 6.86. The van der Waals surface area contributed by atoms with Crippen molar-refractivity contribution in [2.45, 2.75) is 46.0 Å². The third kappa shape index (κ3) is 1.81. The number of ether oxygens (including phenoxy) is 1. The highest BCUT2D eigenvalue weighted by molar-refractivity contribution is 5.89. The molecule has 18 heavy (non-hydrogen) atoms. The highest BCUT2D eigenvalue weighted by Gasteiger charge is 2.50. The molecule has 0 spiro atoms. The van der Waals surface area contributed by atoms with E-state index in [9.17, 15) is 4.79 Å². The number of allylic oxidation sites excluding steroid dienone is 1. The molecule has 4 fully saturated rings. The molecular formula is C16H24O2. The Labute approximate surface area is 110 Å². The van der Waals surface area contributed by atoms with Gasteiger partial charge >= 0.3 is 5.97 Å². The molecule has 0 unspecified atom stereocenters. The van der Waals surface area contributed by atoms with E-state index in [1.165, 1.54) is 44.8 Å². The predicted octanol–water partition coefficient (Wildman–Crippen LogP) is 3.57. The molecule has 4 bridgehead atoms. The first-order valence-corrected chi connectivity index (χ1v) is 7.35. The molecular weight excluding hydrogens is 224 g/mol. The van der Waals surface area contributed by atoms with Crippen LogP contribution in [0.3, 0.4) is 0 Å². The topological polar surface area (TPSA) is 26.3 Å². The van der Waals surface area contributed by atoms with Gasteiger partial charge in [-0.05, 0) is 75.5 Å². The SMILES string of the molecule is COC(=O)C(=C(C)C)C1C2CC3CC(C2)CC1C3. The lowest BCUT2D eigenvalue weighted by atomic mass is 9.50. The van der Waals surface area contributed by atoms with E-state index in [1.54, 1.807) is 0 Å². The average molecular weight is 248 g/mol. The summed E-state index contributed by atoms with van der Waals surface area (Å²) >= 11 is 0. The first-order valence-electron chi connectivity index (χ1n) is 7.35. The van der Waals surface area contributed by atoms with E-state index in [-0.39, 0.29) is 5.97 Å². The lowest BCUT2D eigenvalue weighted by Crippen LogP contribution is -2.46. The summed E-state index contributed by atoms with van der Waals surface area (Å²) in [5, 5.41) is 0. The predicted molar refractivity (Wildman–Crippen MR) is 70.9 cm³/mol. The highest BCUT2D eigenvalue weighted by Crippen LogP contribution is 2.58. The van der Waals surface area contributed by atoms with Crippen molar-refractivity contribution in [1.29, 1.82) is 0 Å². The van der Waals surface area contributed by atoms with Crippen LogP contribution in [0.5, 0.6) is 0 Å². The Balaban J connectivity index is 1.92. The van der Waals surface area contributed by atoms with Crippen molar-refractivity contribution < 1.29 is 9.53 Å². The minimum absolute atomic E-state index is 0.0764. The third-order valence-corrected chi connectivity index (χ3v) is 5.50. The molecule has 0 amide bonds. The Morgan fingerprint density at radius 2 is 1.44 bits per heavy atom. The van der Waals surface area contributed by atoms with Crippen LogP contribution in [0.2, 0.25) is 0 Å². The molecule has 4 aliphatic carbocycles. The van der Waals surface area contributed by atoms with Gasteiger partial charge in [0.05, 0.1) is 7.11 Å². The van der Waals surface area contributed by atoms with E-state index >= 15 is 0 Å². The first-order chi connectivity index (χ1) is 8.60. The van der Waals surface area contributed by atoms with Crippen LogP contribution in [-0.2, 0) is 9.53 Å². The Bertz CT molecular complexity index is 362. The quantitative estimate of drug-likeness (QED) is 0.551. The van der Waals surface area contributed by atoms with Gasteiger partial charge in [0.15, 0.2) is 0 Å². The lowest BCUT2D eigenvalue weighted by molar-refractivity contribution is -0.138. The molecule has 0 N–H and O–H groups in total. The van der Waals surface area contributed by atoms with E-state index in [4.69, 9.17) is 4.74 Å². The van der Waals surface area contributed by atoms with E-state index in [1.807, 2.05) is 0 Å². The van der Waals surface area contributed by atoms with Crippen LogP contribution in [0, 0.1) is 29.6 Å². The number of rotatable bonds is 2. The van der Waals surface area contributed by atoms with Gasteiger partial charge in [0.1, 0.15) is 0 Å². The summed E-state index contributed by atoms with van der Waals surface area (Å²) in [6.45, 7) is 4.13. The molecule has 2 heteroatoms. The molecule has 0 aromatic carbocycles. The maximum atomic E-state index is 12.1. The Kier molecular flexibility index (Phi) is 2.99. The summed E-state index contributed by atoms with van der Waals surface area (Å²) in [5.41, 5.74) is 2.17. The molecule has 0 aromatic rings. The van der Waals surface area contributed by atoms with Gasteiger partial charge in [0, 0.05) is 5.57 Å². The van der Waals surface area contributed by atoms with Crippen molar-refractivity contribution in [1.82, 2.24) is 0 Å². The van der Waals surface area contributed by atoms with E-state index in [2.05, 4.69) is 13.8 Å². The molecule has 0 atom stereocenters. The van der Waals surface area contributed by atoms with Crippen LogP contribution in [0.1, 0.15) is 46.0 Å². The largest absolute Gasteiger partial charge is 0.466 e. The van der Waals surface area contributed by atoms with Gasteiger partial charge in [-0.15, -0.1) is 0 Å². The molecule has 0 saturated heterocycles. The molecule has 2 nitrogen and oxygen atoms in total. The molecule has 4 saturated carbocycles. The van der Waals surface area contributed by atoms with Crippen molar-refractivity contribution in [2.75, 3.05) is 7.11 Å². The van der Waals surface area contributed by atoms with Crippen molar-refractivity contribution in [3.63, 3.8) is 0 Å². The summed E-state index contributed by atoms with van der Waals surface area (Å²) < 4.78 is 5.03. The maximum Gasteiger partial charge on any atom is 0.333 e. The van der Waals surface area contributed by atoms with Gasteiger partial charge in [-0.25, -0.2) is 4.79 Å². The average Bonchev–Trinajstić information content (AvgIpc) is 2.31. The normalized spacial score (nSPS) is 40.7. The maximum absolute atomic E-state index is 12.1. The summed E-state index contributed by atoms with van der Waals surface area (Å²) in [6.07, 6.45) is 6.87. The smallest absolute Gasteiger partial charge is 0.333 e. The van der Waals surface area contributed by atoms with E-state index in [0.717, 1.165) is 29.2 Å². The molecule has 0 radical (unpaired) electrons. The van der Waals surface area contributed by atoms with Crippen LogP contribution >= 0.6 is 0 Å². The molecule has 0 heterocycles. The van der Waals surface area contributed by atoms with Gasteiger partial charge in [-0.3, -0.25) is 0 Å². The summed E-state index contributed by atoms with van der Waals surface area (Å²) in [6, 6.07) is 0. The van der Waals surface area contributed by atoms with Gasteiger partial charge in [0.25, 0.3) is 0 Å². The molecule has 100 valence electrons. The molecule has 0 aromatic heterocycles. The number of methoxy groups -OCH3 is 1. The molecule has 4 aliphatic rings. The lowest BCUT2D eigenvalue weighted by Gasteiger charge is -2.54. The number of hydrogen-bond donors (Lipinski definition) is 0. The van der Waals surface area contributed by atoms with Gasteiger partial charge in [-0.1, -0.05) is 5.57 Å². The Morgan fingerprint density at radius 3 is 1.83 bits per heavy atom. The van der Waals surface area contributed by atoms with E-state index < -0.39 is 0 Å². The fraction of sp³-hybridized carbons (Fsp3) is 0.812. The van der Waals surface area contributed by atoms with Crippen LogP contribution in [0.4, 0.5) is 0 Å². The number of hydrogen-bond acceptors (Lipinski definition) is 2. The van der Waals surface area contributed by atoms with Crippen molar-refractivity contribution >= 4 is 5.97 Å². The zero-order valence-corrected chi connectivity index (χ0v) is 11.7. The first kappa shape index (κ1) is 12.3. The van der Waals surface area contributed by atoms with Crippen LogP contribution < -0.4 is 0 Å². The van der Waals surface area contributed by atoms with Crippen LogP contribution in [0.15, 0.2) is 11.1 Å². The van der Waals surface area contributed by atoms with E-state index in [0.29, 0.717) is 5.92 Å². The Hall–Kier alpha value is -0.790. The number of carbonyl (C=O) groups is 1. The standard InChI is InChI=1S/C16H24O2/c1-9(2)14(16(17)18-3)15-12-5-10-4-11(7-12)8-13(15)6-10/h10-13,15H,4-8H2,1-3H3. The fourth-order valence-corrected chi connectivity index (χ4v) is 5.18. The number of esters is 1. The van der Waals surface area contributed by atoms with Gasteiger partial charge in [-0.2, -0.15) is 0 Å². The van der Waals surface area contributed by atoms with Gasteiger partial charge in [0.2, 0.25) is 0 Å². The minimum atomic E-state index is -0.0764. The van der Waals surface area contributed by atoms with Crippen molar-refractivity contribution in [2.24, 2.45) is 29.6 Å². The minimum Gasteiger partial charge on any atom is -0.466 e. The Morgan fingerprint density at radius 1 is 0.944 bits per heavy atom. The summed E-state index contributed by atoms with van der Waals surface area (Å²) in [4.78, 5) is 12.1. The second-order valence-electron chi connectivity index (χ2n) is 6.86. The highest BCUT2D eigenvalue weighted by atomic mass is 16.5. The molecule has 0 aliphatic heterocycles. The second kappa shape index (κ2) is 4.40. The summed E-state index contributed by atoms with van der Waals surface area (Å²) in [5.74, 6) is 3.85. The fourth-order valence-electron chi connectivity index (χ4n) is 5.18. The van der Waals surface area contributed by atoms with Crippen molar-refractivity contribution in [3.05, 3.63) is 11.1 Å².